The zero-order valence-corrected chi connectivity index (χ0v) is 23.6. The number of nitrogens with zero attached hydrogens (tertiary/aromatic N) is 2. The van der Waals surface area contributed by atoms with Gasteiger partial charge in [-0.15, -0.1) is 0 Å². The maximum absolute atomic E-state index is 9.95. The van der Waals surface area contributed by atoms with Crippen LogP contribution in [0.5, 0.6) is 0 Å². The summed E-state index contributed by atoms with van der Waals surface area (Å²) < 4.78 is 21.6. The SMILES string of the molecule is C=C(OCCOCCOCCOC)/C(C#N)=C(\C=C/C)c1ccc2cc(N3CCCCC3)ccc2c1.CC. The van der Waals surface area contributed by atoms with Crippen molar-refractivity contribution in [2.45, 2.75) is 40.0 Å². The molecule has 3 rings (SSSR count). The van der Waals surface area contributed by atoms with Crippen LogP contribution in [0.2, 0.25) is 0 Å². The van der Waals surface area contributed by atoms with Gasteiger partial charge in [-0.3, -0.25) is 0 Å². The molecule has 6 nitrogen and oxygen atoms in total. The fourth-order valence-corrected chi connectivity index (χ4v) is 4.27. The van der Waals surface area contributed by atoms with Crippen LogP contribution in [-0.4, -0.2) is 59.8 Å². The second kappa shape index (κ2) is 18.2. The van der Waals surface area contributed by atoms with E-state index >= 15 is 0 Å². The molecule has 1 saturated heterocycles. The molecule has 38 heavy (non-hydrogen) atoms. The van der Waals surface area contributed by atoms with E-state index in [1.54, 1.807) is 7.11 Å². The first kappa shape index (κ1) is 31.1. The molecule has 0 atom stereocenters. The zero-order valence-electron chi connectivity index (χ0n) is 23.6. The summed E-state index contributed by atoms with van der Waals surface area (Å²) in [5, 5.41) is 12.3. The van der Waals surface area contributed by atoms with Crippen LogP contribution in [0.25, 0.3) is 16.3 Å². The van der Waals surface area contributed by atoms with Crippen LogP contribution >= 0.6 is 0 Å². The van der Waals surface area contributed by atoms with E-state index in [4.69, 9.17) is 18.9 Å². The molecule has 0 N–H and O–H groups in total. The van der Waals surface area contributed by atoms with Crippen LogP contribution in [0, 0.1) is 11.3 Å². The van der Waals surface area contributed by atoms with E-state index in [0.717, 1.165) is 29.6 Å². The third kappa shape index (κ3) is 9.64. The lowest BCUT2D eigenvalue weighted by Gasteiger charge is -2.29. The predicted molar refractivity (Wildman–Crippen MR) is 157 cm³/mol. The fourth-order valence-electron chi connectivity index (χ4n) is 4.27. The second-order valence-corrected chi connectivity index (χ2v) is 8.68. The van der Waals surface area contributed by atoms with Crippen LogP contribution < -0.4 is 4.90 Å². The van der Waals surface area contributed by atoms with E-state index in [2.05, 4.69) is 53.9 Å². The Hall–Kier alpha value is -3.11. The summed E-state index contributed by atoms with van der Waals surface area (Å²) in [6.45, 7) is 15.0. The molecule has 1 aliphatic heterocycles. The third-order valence-electron chi connectivity index (χ3n) is 6.16. The highest BCUT2D eigenvalue weighted by atomic mass is 16.6. The van der Waals surface area contributed by atoms with Crippen molar-refractivity contribution in [3.63, 3.8) is 0 Å². The number of allylic oxidation sites excluding steroid dienone is 4. The molecule has 0 amide bonds. The molecular weight excluding hydrogens is 476 g/mol. The first-order valence-corrected chi connectivity index (χ1v) is 13.7. The monoisotopic (exact) mass is 520 g/mol. The molecule has 1 heterocycles. The van der Waals surface area contributed by atoms with Gasteiger partial charge < -0.3 is 23.8 Å². The van der Waals surface area contributed by atoms with Crippen LogP contribution in [0.4, 0.5) is 5.69 Å². The molecule has 0 aliphatic carbocycles. The minimum atomic E-state index is 0.308. The summed E-state index contributed by atoms with van der Waals surface area (Å²) >= 11 is 0. The van der Waals surface area contributed by atoms with Crippen molar-refractivity contribution in [3.05, 3.63) is 72.0 Å². The smallest absolute Gasteiger partial charge is 0.130 e. The number of rotatable bonds is 14. The Morgan fingerprint density at radius 1 is 0.921 bits per heavy atom. The summed E-state index contributed by atoms with van der Waals surface area (Å²) in [4.78, 5) is 2.47. The third-order valence-corrected chi connectivity index (χ3v) is 6.16. The average Bonchev–Trinajstić information content (AvgIpc) is 2.97. The quantitative estimate of drug-likeness (QED) is 0.117. The normalized spacial score (nSPS) is 14.0. The maximum Gasteiger partial charge on any atom is 0.130 e. The first-order chi connectivity index (χ1) is 18.7. The Morgan fingerprint density at radius 2 is 1.55 bits per heavy atom. The Balaban J connectivity index is 0.00000247. The number of methoxy groups -OCH3 is 1. The van der Waals surface area contributed by atoms with Gasteiger partial charge in [0.05, 0.1) is 33.0 Å². The molecule has 206 valence electrons. The number of anilines is 1. The van der Waals surface area contributed by atoms with Gasteiger partial charge >= 0.3 is 0 Å². The lowest BCUT2D eigenvalue weighted by Crippen LogP contribution is -2.29. The van der Waals surface area contributed by atoms with Gasteiger partial charge in [-0.2, -0.15) is 5.26 Å². The van der Waals surface area contributed by atoms with Crippen molar-refractivity contribution < 1.29 is 18.9 Å². The van der Waals surface area contributed by atoms with Crippen molar-refractivity contribution in [2.24, 2.45) is 0 Å². The van der Waals surface area contributed by atoms with E-state index in [0.29, 0.717) is 51.0 Å². The maximum atomic E-state index is 9.95. The Labute approximate surface area is 229 Å². The van der Waals surface area contributed by atoms with Gasteiger partial charge in [0.15, 0.2) is 0 Å². The van der Waals surface area contributed by atoms with Crippen LogP contribution in [0.15, 0.2) is 66.5 Å². The number of benzene rings is 2. The number of hydrogen-bond donors (Lipinski definition) is 0. The number of nitriles is 1. The predicted octanol–water partition coefficient (Wildman–Crippen LogP) is 6.92. The van der Waals surface area contributed by atoms with Gasteiger partial charge in [0.25, 0.3) is 0 Å². The summed E-state index contributed by atoms with van der Waals surface area (Å²) in [5.41, 5.74) is 3.44. The van der Waals surface area contributed by atoms with Crippen LogP contribution in [0.1, 0.15) is 45.6 Å². The van der Waals surface area contributed by atoms with Crippen LogP contribution in [0.3, 0.4) is 0 Å². The lowest BCUT2D eigenvalue weighted by molar-refractivity contribution is 0.0128. The number of piperidine rings is 1. The molecule has 2 aromatic carbocycles. The number of hydrogen-bond acceptors (Lipinski definition) is 6. The first-order valence-electron chi connectivity index (χ1n) is 13.7. The molecule has 0 saturated carbocycles. The van der Waals surface area contributed by atoms with Crippen molar-refractivity contribution in [3.8, 4) is 6.07 Å². The van der Waals surface area contributed by atoms with Crippen molar-refractivity contribution in [2.75, 3.05) is 64.7 Å². The van der Waals surface area contributed by atoms with Crippen molar-refractivity contribution in [1.82, 2.24) is 0 Å². The standard InChI is InChI=1S/C30H38N2O4.C2H6/c1-4-8-29(30(23-31)24(2)36-20-19-35-18-17-34-16-15-33-3)27-10-9-26-22-28(12-11-25(26)21-27)32-13-6-5-7-14-32;1-2/h4,8-12,21-22H,2,5-7,13-20H2,1,3H3;1-2H3/b8-4-,30-29+;. The molecule has 0 bridgehead atoms. The second-order valence-electron chi connectivity index (χ2n) is 8.68. The Morgan fingerprint density at radius 3 is 2.21 bits per heavy atom. The molecule has 6 heteroatoms. The van der Waals surface area contributed by atoms with Gasteiger partial charge in [0, 0.05) is 31.5 Å². The van der Waals surface area contributed by atoms with Gasteiger partial charge in [-0.05, 0) is 60.7 Å². The lowest BCUT2D eigenvalue weighted by atomic mass is 9.96. The topological polar surface area (TPSA) is 64.0 Å². The molecule has 1 aliphatic rings. The highest BCUT2D eigenvalue weighted by molar-refractivity contribution is 5.91. The summed E-state index contributed by atoms with van der Waals surface area (Å²) in [5.74, 6) is 0.339. The summed E-state index contributed by atoms with van der Waals surface area (Å²) in [6.07, 6.45) is 7.70. The van der Waals surface area contributed by atoms with E-state index < -0.39 is 0 Å². The largest absolute Gasteiger partial charge is 0.490 e. The van der Waals surface area contributed by atoms with Crippen LogP contribution in [-0.2, 0) is 18.9 Å². The average molecular weight is 521 g/mol. The fraction of sp³-hybridized carbons (Fsp3) is 0.469. The van der Waals surface area contributed by atoms with Gasteiger partial charge in [-0.25, -0.2) is 0 Å². The minimum absolute atomic E-state index is 0.308. The molecule has 2 aromatic rings. The van der Waals surface area contributed by atoms with Gasteiger partial charge in [0.2, 0.25) is 0 Å². The van der Waals surface area contributed by atoms with E-state index in [-0.39, 0.29) is 0 Å². The summed E-state index contributed by atoms with van der Waals surface area (Å²) in [6, 6.07) is 15.2. The highest BCUT2D eigenvalue weighted by Gasteiger charge is 2.14. The highest BCUT2D eigenvalue weighted by Crippen LogP contribution is 2.30. The van der Waals surface area contributed by atoms with Gasteiger partial charge in [0.1, 0.15) is 24.0 Å². The molecule has 0 spiro atoms. The zero-order chi connectivity index (χ0) is 27.6. The van der Waals surface area contributed by atoms with Crippen molar-refractivity contribution >= 4 is 22.0 Å². The van der Waals surface area contributed by atoms with E-state index in [9.17, 15) is 5.26 Å². The molecule has 0 aromatic heterocycles. The molecule has 1 fully saturated rings. The number of ether oxygens (including phenoxy) is 4. The number of fused-ring (bicyclic) bond motifs is 1. The minimum Gasteiger partial charge on any atom is -0.490 e. The molecular formula is C32H44N2O4. The molecule has 0 unspecified atom stereocenters. The van der Waals surface area contributed by atoms with E-state index in [1.165, 1.54) is 30.3 Å². The Kier molecular flexibility index (Phi) is 14.9. The van der Waals surface area contributed by atoms with E-state index in [1.807, 2.05) is 32.9 Å². The summed E-state index contributed by atoms with van der Waals surface area (Å²) in [7, 11) is 1.64. The Bertz CT molecular complexity index is 1090. The van der Waals surface area contributed by atoms with Gasteiger partial charge in [-0.1, -0.05) is 50.8 Å². The molecule has 0 radical (unpaired) electrons. The van der Waals surface area contributed by atoms with Crippen molar-refractivity contribution in [1.29, 1.82) is 5.26 Å².